The molecule has 0 radical (unpaired) electrons. The highest BCUT2D eigenvalue weighted by Gasteiger charge is 2.32. The molecule has 0 amide bonds. The number of sulfonamides is 1. The van der Waals surface area contributed by atoms with Crippen LogP contribution in [-0.2, 0) is 10.0 Å². The van der Waals surface area contributed by atoms with Crippen LogP contribution in [0.4, 0.5) is 0 Å². The maximum absolute atomic E-state index is 12.5. The Labute approximate surface area is 126 Å². The third-order valence-electron chi connectivity index (χ3n) is 3.42. The average Bonchev–Trinajstić information content (AvgIpc) is 2.78. The van der Waals surface area contributed by atoms with Gasteiger partial charge in [0.15, 0.2) is 0 Å². The second-order valence-electron chi connectivity index (χ2n) is 4.73. The van der Waals surface area contributed by atoms with E-state index in [0.717, 1.165) is 16.9 Å². The smallest absolute Gasteiger partial charge is 0.252 e. The van der Waals surface area contributed by atoms with E-state index in [-0.39, 0.29) is 16.0 Å². The van der Waals surface area contributed by atoms with Crippen LogP contribution in [0.5, 0.6) is 0 Å². The molecule has 0 saturated carbocycles. The first-order valence-electron chi connectivity index (χ1n) is 6.09. The standard InChI is InChI=1S/C11H16ClN3O3S2/c1-7-6-9(19-10(7)12)20(17,18)15-4-2-8(3-5-15)11(13)14-16/h6,8,16H,2-5H2,1H3,(H2,13,14). The van der Waals surface area contributed by atoms with Gasteiger partial charge in [-0.25, -0.2) is 8.42 Å². The largest absolute Gasteiger partial charge is 0.409 e. The maximum Gasteiger partial charge on any atom is 0.252 e. The van der Waals surface area contributed by atoms with Gasteiger partial charge >= 0.3 is 0 Å². The number of nitrogens with two attached hydrogens (primary N) is 1. The summed E-state index contributed by atoms with van der Waals surface area (Å²) in [5.41, 5.74) is 6.32. The van der Waals surface area contributed by atoms with Crippen molar-refractivity contribution in [3.05, 3.63) is 16.0 Å². The minimum atomic E-state index is -3.50. The third-order valence-corrected chi connectivity index (χ3v) is 7.32. The molecule has 0 atom stereocenters. The summed E-state index contributed by atoms with van der Waals surface area (Å²) in [5, 5.41) is 11.6. The lowest BCUT2D eigenvalue weighted by atomic mass is 9.97. The molecule has 1 aliphatic heterocycles. The fraction of sp³-hybridized carbons (Fsp3) is 0.545. The van der Waals surface area contributed by atoms with Crippen molar-refractivity contribution >= 4 is 38.8 Å². The number of piperidine rings is 1. The molecular weight excluding hydrogens is 322 g/mol. The number of oxime groups is 1. The monoisotopic (exact) mass is 337 g/mol. The van der Waals surface area contributed by atoms with Gasteiger partial charge in [-0.3, -0.25) is 0 Å². The highest BCUT2D eigenvalue weighted by molar-refractivity contribution is 7.91. The fourth-order valence-corrected chi connectivity index (χ4v) is 5.49. The Bertz CT molecular complexity index is 599. The molecule has 1 aromatic heterocycles. The predicted molar refractivity (Wildman–Crippen MR) is 79.0 cm³/mol. The minimum absolute atomic E-state index is 0.0693. The van der Waals surface area contributed by atoms with Gasteiger partial charge in [0.1, 0.15) is 10.0 Å². The van der Waals surface area contributed by atoms with Crippen molar-refractivity contribution in [3.8, 4) is 0 Å². The van der Waals surface area contributed by atoms with Crippen LogP contribution in [-0.4, -0.2) is 36.9 Å². The van der Waals surface area contributed by atoms with Crippen LogP contribution < -0.4 is 5.73 Å². The van der Waals surface area contributed by atoms with Crippen LogP contribution in [0.1, 0.15) is 18.4 Å². The molecule has 6 nitrogen and oxygen atoms in total. The van der Waals surface area contributed by atoms with Crippen molar-refractivity contribution in [2.45, 2.75) is 24.0 Å². The Morgan fingerprint density at radius 3 is 2.60 bits per heavy atom. The van der Waals surface area contributed by atoms with Gasteiger partial charge in [0.2, 0.25) is 0 Å². The molecule has 1 saturated heterocycles. The van der Waals surface area contributed by atoms with E-state index in [1.165, 1.54) is 4.31 Å². The molecule has 1 aliphatic rings. The Morgan fingerprint density at radius 1 is 1.55 bits per heavy atom. The van der Waals surface area contributed by atoms with Gasteiger partial charge in [-0.05, 0) is 31.4 Å². The molecule has 2 rings (SSSR count). The number of hydrogen-bond acceptors (Lipinski definition) is 5. The summed E-state index contributed by atoms with van der Waals surface area (Å²) in [5.74, 6) is 0.0946. The second kappa shape index (κ2) is 5.88. The summed E-state index contributed by atoms with van der Waals surface area (Å²) in [6.45, 7) is 2.50. The molecule has 9 heteroatoms. The van der Waals surface area contributed by atoms with Crippen molar-refractivity contribution < 1.29 is 13.6 Å². The van der Waals surface area contributed by atoms with Crippen LogP contribution in [0, 0.1) is 12.8 Å². The topological polar surface area (TPSA) is 96.0 Å². The lowest BCUT2D eigenvalue weighted by molar-refractivity contribution is 0.291. The molecule has 112 valence electrons. The summed E-state index contributed by atoms with van der Waals surface area (Å²) in [4.78, 5) is 0. The molecular formula is C11H16ClN3O3S2. The van der Waals surface area contributed by atoms with E-state index in [0.29, 0.717) is 30.3 Å². The van der Waals surface area contributed by atoms with Crippen molar-refractivity contribution in [1.29, 1.82) is 0 Å². The first kappa shape index (κ1) is 15.6. The van der Waals surface area contributed by atoms with E-state index in [1.807, 2.05) is 0 Å². The highest BCUT2D eigenvalue weighted by Crippen LogP contribution is 2.33. The number of halogens is 1. The van der Waals surface area contributed by atoms with E-state index < -0.39 is 10.0 Å². The second-order valence-corrected chi connectivity index (χ2v) is 8.54. The van der Waals surface area contributed by atoms with E-state index >= 15 is 0 Å². The van der Waals surface area contributed by atoms with Crippen molar-refractivity contribution in [2.75, 3.05) is 13.1 Å². The fourth-order valence-electron chi connectivity index (χ4n) is 2.16. The summed E-state index contributed by atoms with van der Waals surface area (Å²) >= 11 is 7.01. The summed E-state index contributed by atoms with van der Waals surface area (Å²) in [6.07, 6.45) is 1.10. The Hall–Kier alpha value is -0.830. The van der Waals surface area contributed by atoms with Crippen molar-refractivity contribution in [1.82, 2.24) is 4.31 Å². The summed E-state index contributed by atoms with van der Waals surface area (Å²) < 4.78 is 27.1. The molecule has 1 aromatic rings. The minimum Gasteiger partial charge on any atom is -0.409 e. The Balaban J connectivity index is 2.13. The summed E-state index contributed by atoms with van der Waals surface area (Å²) in [7, 11) is -3.50. The molecule has 3 N–H and O–H groups in total. The third kappa shape index (κ3) is 2.93. The van der Waals surface area contributed by atoms with Gasteiger partial charge in [-0.15, -0.1) is 11.3 Å². The molecule has 0 aromatic carbocycles. The number of rotatable bonds is 3. The van der Waals surface area contributed by atoms with E-state index in [1.54, 1.807) is 13.0 Å². The Morgan fingerprint density at radius 2 is 2.15 bits per heavy atom. The SMILES string of the molecule is Cc1cc(S(=O)(=O)N2CCC(/C(N)=N/O)CC2)sc1Cl. The van der Waals surface area contributed by atoms with Gasteiger partial charge < -0.3 is 10.9 Å². The molecule has 2 heterocycles. The normalized spacial score (nSPS) is 19.4. The number of aryl methyl sites for hydroxylation is 1. The molecule has 1 fully saturated rings. The molecule has 0 aliphatic carbocycles. The van der Waals surface area contributed by atoms with Gasteiger partial charge in [-0.2, -0.15) is 4.31 Å². The van der Waals surface area contributed by atoms with Crippen LogP contribution >= 0.6 is 22.9 Å². The van der Waals surface area contributed by atoms with E-state index in [2.05, 4.69) is 5.16 Å². The lowest BCUT2D eigenvalue weighted by Crippen LogP contribution is -2.41. The van der Waals surface area contributed by atoms with Crippen LogP contribution in [0.2, 0.25) is 4.34 Å². The molecule has 0 spiro atoms. The van der Waals surface area contributed by atoms with Gasteiger partial charge in [0, 0.05) is 19.0 Å². The number of amidine groups is 1. The average molecular weight is 338 g/mol. The van der Waals surface area contributed by atoms with Crippen molar-refractivity contribution in [2.24, 2.45) is 16.8 Å². The van der Waals surface area contributed by atoms with E-state index in [9.17, 15) is 8.42 Å². The first-order valence-corrected chi connectivity index (χ1v) is 8.73. The molecule has 0 unspecified atom stereocenters. The van der Waals surface area contributed by atoms with E-state index in [4.69, 9.17) is 22.5 Å². The number of nitrogens with zero attached hydrogens (tertiary/aromatic N) is 2. The summed E-state index contributed by atoms with van der Waals surface area (Å²) in [6, 6.07) is 1.60. The van der Waals surface area contributed by atoms with Crippen LogP contribution in [0.15, 0.2) is 15.4 Å². The van der Waals surface area contributed by atoms with Crippen LogP contribution in [0.25, 0.3) is 0 Å². The Kier molecular flexibility index (Phi) is 4.58. The van der Waals surface area contributed by atoms with Crippen molar-refractivity contribution in [3.63, 3.8) is 0 Å². The zero-order chi connectivity index (χ0) is 14.9. The number of thiophene rings is 1. The predicted octanol–water partition coefficient (Wildman–Crippen LogP) is 1.86. The van der Waals surface area contributed by atoms with Gasteiger partial charge in [0.25, 0.3) is 10.0 Å². The van der Waals surface area contributed by atoms with Gasteiger partial charge in [-0.1, -0.05) is 16.8 Å². The maximum atomic E-state index is 12.5. The van der Waals surface area contributed by atoms with Crippen LogP contribution in [0.3, 0.4) is 0 Å². The highest BCUT2D eigenvalue weighted by atomic mass is 35.5. The zero-order valence-corrected chi connectivity index (χ0v) is 13.3. The lowest BCUT2D eigenvalue weighted by Gasteiger charge is -2.30. The quantitative estimate of drug-likeness (QED) is 0.381. The zero-order valence-electron chi connectivity index (χ0n) is 10.9. The van der Waals surface area contributed by atoms with Gasteiger partial charge in [0.05, 0.1) is 4.34 Å². The molecule has 20 heavy (non-hydrogen) atoms. The molecule has 0 bridgehead atoms. The first-order chi connectivity index (χ1) is 9.36. The number of hydrogen-bond donors (Lipinski definition) is 2.